The summed E-state index contributed by atoms with van der Waals surface area (Å²) >= 11 is 12.9. The Morgan fingerprint density at radius 3 is 2.54 bits per heavy atom. The van der Waals surface area contributed by atoms with Crippen molar-refractivity contribution in [1.29, 1.82) is 0 Å². The largest absolute Gasteiger partial charge is 0.490 e. The van der Waals surface area contributed by atoms with Crippen LogP contribution in [0.2, 0.25) is 10.0 Å². The fraction of sp³-hybridized carbons (Fsp3) is 0.0938. The summed E-state index contributed by atoms with van der Waals surface area (Å²) in [4.78, 5) is 18.3. The highest BCUT2D eigenvalue weighted by Gasteiger charge is 2.17. The lowest BCUT2D eigenvalue weighted by Gasteiger charge is -2.15. The number of aromatic nitrogens is 2. The summed E-state index contributed by atoms with van der Waals surface area (Å²) in [5, 5.41) is 6.78. The summed E-state index contributed by atoms with van der Waals surface area (Å²) in [6, 6.07) is 27.4. The Morgan fingerprint density at radius 1 is 0.927 bits per heavy atom. The van der Waals surface area contributed by atoms with Gasteiger partial charge in [-0.2, -0.15) is 9.78 Å². The molecule has 9 heteroatoms. The molecule has 0 atom stereocenters. The van der Waals surface area contributed by atoms with Gasteiger partial charge in [-0.1, -0.05) is 71.7 Å². The van der Waals surface area contributed by atoms with Gasteiger partial charge in [0.15, 0.2) is 17.3 Å². The third-order valence-electron chi connectivity index (χ3n) is 6.38. The molecule has 0 unspecified atom stereocenters. The average Bonchev–Trinajstić information content (AvgIpc) is 3.41. The predicted octanol–water partition coefficient (Wildman–Crippen LogP) is 7.98. The molecule has 6 aromatic rings. The molecule has 0 fully saturated rings. The van der Waals surface area contributed by atoms with Crippen molar-refractivity contribution in [3.8, 4) is 23.1 Å². The van der Waals surface area contributed by atoms with Gasteiger partial charge in [-0.05, 0) is 55.0 Å². The predicted molar refractivity (Wildman–Crippen MR) is 163 cm³/mol. The topological polar surface area (TPSA) is 78.9 Å². The van der Waals surface area contributed by atoms with Crippen LogP contribution in [-0.4, -0.2) is 22.5 Å². The van der Waals surface area contributed by atoms with Crippen LogP contribution in [0, 0.1) is 0 Å². The van der Waals surface area contributed by atoms with E-state index in [1.165, 1.54) is 10.9 Å². The zero-order valence-electron chi connectivity index (χ0n) is 21.9. The Bertz CT molecular complexity index is 1950. The van der Waals surface area contributed by atoms with E-state index in [0.29, 0.717) is 56.0 Å². The lowest BCUT2D eigenvalue weighted by Crippen LogP contribution is -2.20. The van der Waals surface area contributed by atoms with Crippen molar-refractivity contribution in [1.82, 2.24) is 9.66 Å². The standard InChI is InChI=1S/C32H23Cl2N3O4/c1-2-39-28-16-20(15-25(34)30(28)40-19-22-10-3-6-12-24(22)33)18-35-37-31(29-17-21-9-4-8-14-27(21)41-29)36-26-13-7-5-11-23(26)32(37)38/h3-18H,2,19H2,1H3. The minimum atomic E-state index is -0.335. The minimum absolute atomic E-state index is 0.214. The summed E-state index contributed by atoms with van der Waals surface area (Å²) in [6.45, 7) is 2.47. The van der Waals surface area contributed by atoms with Crippen molar-refractivity contribution >= 4 is 51.3 Å². The van der Waals surface area contributed by atoms with E-state index in [-0.39, 0.29) is 18.0 Å². The molecular formula is C32H23Cl2N3O4. The highest BCUT2D eigenvalue weighted by molar-refractivity contribution is 6.32. The zero-order chi connectivity index (χ0) is 28.3. The van der Waals surface area contributed by atoms with Gasteiger partial charge in [0, 0.05) is 16.0 Å². The van der Waals surface area contributed by atoms with E-state index < -0.39 is 0 Å². The van der Waals surface area contributed by atoms with Gasteiger partial charge < -0.3 is 13.9 Å². The van der Waals surface area contributed by atoms with Crippen molar-refractivity contribution in [2.24, 2.45) is 5.10 Å². The van der Waals surface area contributed by atoms with Crippen molar-refractivity contribution in [3.05, 3.63) is 123 Å². The lowest BCUT2D eigenvalue weighted by atomic mass is 10.2. The Labute approximate surface area is 245 Å². The third kappa shape index (κ3) is 5.42. The molecule has 0 bridgehead atoms. The monoisotopic (exact) mass is 583 g/mol. The van der Waals surface area contributed by atoms with Gasteiger partial charge in [-0.25, -0.2) is 4.98 Å². The number of nitrogens with zero attached hydrogens (tertiary/aromatic N) is 3. The molecule has 0 aliphatic rings. The number of para-hydroxylation sites is 2. The van der Waals surface area contributed by atoms with E-state index in [9.17, 15) is 4.79 Å². The molecule has 2 heterocycles. The van der Waals surface area contributed by atoms with E-state index >= 15 is 0 Å². The van der Waals surface area contributed by atoms with Crippen LogP contribution in [0.15, 0.2) is 105 Å². The highest BCUT2D eigenvalue weighted by atomic mass is 35.5. The second-order valence-electron chi connectivity index (χ2n) is 9.11. The first-order valence-corrected chi connectivity index (χ1v) is 13.6. The molecule has 2 aromatic heterocycles. The van der Waals surface area contributed by atoms with Crippen molar-refractivity contribution < 1.29 is 13.9 Å². The summed E-state index contributed by atoms with van der Waals surface area (Å²) in [7, 11) is 0. The van der Waals surface area contributed by atoms with Crippen molar-refractivity contribution in [3.63, 3.8) is 0 Å². The molecule has 0 saturated heterocycles. The number of furan rings is 1. The smallest absolute Gasteiger partial charge is 0.282 e. The molecule has 0 aliphatic carbocycles. The van der Waals surface area contributed by atoms with Gasteiger partial charge in [0.25, 0.3) is 5.56 Å². The first-order chi connectivity index (χ1) is 20.0. The third-order valence-corrected chi connectivity index (χ3v) is 7.03. The summed E-state index contributed by atoms with van der Waals surface area (Å²) in [6.07, 6.45) is 1.52. The number of ether oxygens (including phenoxy) is 2. The Hall–Kier alpha value is -4.59. The number of hydrogen-bond acceptors (Lipinski definition) is 6. The molecule has 6 rings (SSSR count). The van der Waals surface area contributed by atoms with Gasteiger partial charge in [0.2, 0.25) is 5.82 Å². The number of benzene rings is 4. The molecular weight excluding hydrogens is 561 g/mol. The van der Waals surface area contributed by atoms with E-state index in [2.05, 4.69) is 5.10 Å². The Morgan fingerprint density at radius 2 is 1.71 bits per heavy atom. The molecule has 4 aromatic carbocycles. The minimum Gasteiger partial charge on any atom is -0.490 e. The van der Waals surface area contributed by atoms with E-state index in [1.54, 1.807) is 36.4 Å². The average molecular weight is 584 g/mol. The van der Waals surface area contributed by atoms with Crippen LogP contribution >= 0.6 is 23.2 Å². The fourth-order valence-electron chi connectivity index (χ4n) is 4.44. The van der Waals surface area contributed by atoms with Gasteiger partial charge in [-0.3, -0.25) is 4.79 Å². The second kappa shape index (κ2) is 11.5. The zero-order valence-corrected chi connectivity index (χ0v) is 23.4. The van der Waals surface area contributed by atoms with Gasteiger partial charge >= 0.3 is 0 Å². The number of halogens is 2. The summed E-state index contributed by atoms with van der Waals surface area (Å²) in [5.74, 6) is 1.52. The van der Waals surface area contributed by atoms with Crippen LogP contribution in [0.25, 0.3) is 33.5 Å². The summed E-state index contributed by atoms with van der Waals surface area (Å²) < 4.78 is 19.1. The van der Waals surface area contributed by atoms with E-state index in [1.807, 2.05) is 61.5 Å². The molecule has 0 aliphatic heterocycles. The second-order valence-corrected chi connectivity index (χ2v) is 9.92. The molecule has 0 amide bonds. The maximum Gasteiger partial charge on any atom is 0.282 e. The first-order valence-electron chi connectivity index (χ1n) is 12.9. The summed E-state index contributed by atoms with van der Waals surface area (Å²) in [5.41, 5.74) is 2.30. The maximum atomic E-state index is 13.6. The lowest BCUT2D eigenvalue weighted by molar-refractivity contribution is 0.269. The van der Waals surface area contributed by atoms with E-state index in [0.717, 1.165) is 10.9 Å². The molecule has 41 heavy (non-hydrogen) atoms. The molecule has 204 valence electrons. The maximum absolute atomic E-state index is 13.6. The van der Waals surface area contributed by atoms with Crippen LogP contribution in [0.4, 0.5) is 0 Å². The highest BCUT2D eigenvalue weighted by Crippen LogP contribution is 2.37. The van der Waals surface area contributed by atoms with Crippen LogP contribution in [0.1, 0.15) is 18.1 Å². The SMILES string of the molecule is CCOc1cc(C=Nn2c(-c3cc4ccccc4o3)nc3ccccc3c2=O)cc(Cl)c1OCc1ccccc1Cl. The van der Waals surface area contributed by atoms with Crippen LogP contribution in [0.5, 0.6) is 11.5 Å². The molecule has 0 N–H and O–H groups in total. The Kier molecular flexibility index (Phi) is 7.46. The Balaban J connectivity index is 1.40. The van der Waals surface area contributed by atoms with Crippen molar-refractivity contribution in [2.45, 2.75) is 13.5 Å². The first kappa shape index (κ1) is 26.6. The van der Waals surface area contributed by atoms with Crippen LogP contribution in [-0.2, 0) is 6.61 Å². The molecule has 0 spiro atoms. The van der Waals surface area contributed by atoms with E-state index in [4.69, 9.17) is 42.1 Å². The molecule has 0 radical (unpaired) electrons. The van der Waals surface area contributed by atoms with Gasteiger partial charge in [-0.15, -0.1) is 0 Å². The quantitative estimate of drug-likeness (QED) is 0.170. The number of fused-ring (bicyclic) bond motifs is 2. The normalized spacial score (nSPS) is 11.5. The number of hydrogen-bond donors (Lipinski definition) is 0. The number of rotatable bonds is 8. The van der Waals surface area contributed by atoms with Crippen LogP contribution in [0.3, 0.4) is 0 Å². The van der Waals surface area contributed by atoms with Gasteiger partial charge in [0.05, 0.1) is 28.7 Å². The molecule has 0 saturated carbocycles. The molecule has 7 nitrogen and oxygen atoms in total. The van der Waals surface area contributed by atoms with Crippen molar-refractivity contribution in [2.75, 3.05) is 6.61 Å². The fourth-order valence-corrected chi connectivity index (χ4v) is 4.90. The van der Waals surface area contributed by atoms with Gasteiger partial charge in [0.1, 0.15) is 12.2 Å². The van der Waals surface area contributed by atoms with Crippen LogP contribution < -0.4 is 15.0 Å².